The number of rotatable bonds is 3. The highest BCUT2D eigenvalue weighted by atomic mass is 16.6. The van der Waals surface area contributed by atoms with Gasteiger partial charge in [-0.3, -0.25) is 4.79 Å². The summed E-state index contributed by atoms with van der Waals surface area (Å²) in [6.07, 6.45) is 5.07. The Morgan fingerprint density at radius 3 is 2.29 bits per heavy atom. The number of nitrogens with one attached hydrogen (secondary N) is 1. The lowest BCUT2D eigenvalue weighted by atomic mass is 10.1. The third kappa shape index (κ3) is 3.21. The molecule has 0 aliphatic rings. The minimum atomic E-state index is -1.11. The van der Waals surface area contributed by atoms with Gasteiger partial charge in [-0.05, 0) is 13.8 Å². The van der Waals surface area contributed by atoms with Gasteiger partial charge in [0.2, 0.25) is 0 Å². The van der Waals surface area contributed by atoms with Crippen molar-refractivity contribution in [2.24, 2.45) is 0 Å². The highest BCUT2D eigenvalue weighted by molar-refractivity contribution is 6.61. The lowest BCUT2D eigenvalue weighted by Gasteiger charge is -2.15. The number of hydrogen-bond acceptors (Lipinski definition) is 4. The van der Waals surface area contributed by atoms with Gasteiger partial charge in [-0.25, -0.2) is 4.79 Å². The molecule has 0 rings (SSSR count). The zero-order valence-corrected chi connectivity index (χ0v) is 8.25. The summed E-state index contributed by atoms with van der Waals surface area (Å²) in [5.74, 6) is 0.616. The van der Waals surface area contributed by atoms with Crippen LogP contribution >= 0.6 is 0 Å². The van der Waals surface area contributed by atoms with Crippen LogP contribution in [0, 0.1) is 17.9 Å². The molecule has 0 unspecified atom stereocenters. The van der Waals surface area contributed by atoms with Crippen molar-refractivity contribution in [1.29, 1.82) is 5.53 Å². The monoisotopic (exact) mass is 195 g/mol. The summed E-state index contributed by atoms with van der Waals surface area (Å²) in [5.41, 5.74) is 4.93. The average molecular weight is 195 g/mol. The van der Waals surface area contributed by atoms with Crippen molar-refractivity contribution in [3.8, 4) is 12.3 Å². The van der Waals surface area contributed by atoms with Crippen LogP contribution in [0.25, 0.3) is 0 Å². The van der Waals surface area contributed by atoms with E-state index in [1.807, 2.05) is 0 Å². The van der Waals surface area contributed by atoms with Gasteiger partial charge >= 0.3 is 11.7 Å². The summed E-state index contributed by atoms with van der Waals surface area (Å²) < 4.78 is 4.75. The second kappa shape index (κ2) is 4.35. The Morgan fingerprint density at radius 2 is 2.00 bits per heavy atom. The largest absolute Gasteiger partial charge is 0.490 e. The smallest absolute Gasteiger partial charge is 0.437 e. The van der Waals surface area contributed by atoms with Crippen LogP contribution in [-0.4, -0.2) is 27.9 Å². The Labute approximate surface area is 81.7 Å². The number of ketones is 1. The van der Waals surface area contributed by atoms with Gasteiger partial charge in [-0.1, -0.05) is 5.92 Å². The van der Waals surface area contributed by atoms with Crippen molar-refractivity contribution in [1.82, 2.24) is 0 Å². The number of carbonyl (C=O) groups excluding carboxylic acids is 2. The summed E-state index contributed by atoms with van der Waals surface area (Å²) in [6, 6.07) is 0. The van der Waals surface area contributed by atoms with E-state index < -0.39 is 23.1 Å². The number of ether oxygens (including phenoxy) is 1. The fourth-order valence-electron chi connectivity index (χ4n) is 0.578. The molecular formula is C9H11N2O3+. The summed E-state index contributed by atoms with van der Waals surface area (Å²) in [6.45, 7) is 4.11. The summed E-state index contributed by atoms with van der Waals surface area (Å²) >= 11 is 0. The first-order valence-electron chi connectivity index (χ1n) is 3.80. The molecule has 0 atom stereocenters. The Kier molecular flexibility index (Phi) is 3.76. The maximum absolute atomic E-state index is 11.2. The predicted octanol–water partition coefficient (Wildman–Crippen LogP) is 0.211. The highest BCUT2D eigenvalue weighted by Crippen LogP contribution is 2.07. The standard InChI is InChI=1S/C9H11N2O3/c1-5-9(3,4)14-8(13)7(11-10)6(2)12/h1,10H,2-4H3/q+1. The number of carbonyl (C=O) groups is 2. The quantitative estimate of drug-likeness (QED) is 0.174. The topological polar surface area (TPSA) is 81.3 Å². The Bertz CT molecular complexity index is 357. The first-order chi connectivity index (χ1) is 6.34. The zero-order valence-electron chi connectivity index (χ0n) is 8.25. The second-order valence-electron chi connectivity index (χ2n) is 3.06. The van der Waals surface area contributed by atoms with Gasteiger partial charge in [0, 0.05) is 6.92 Å². The fourth-order valence-corrected chi connectivity index (χ4v) is 0.578. The molecule has 0 radical (unpaired) electrons. The first kappa shape index (κ1) is 12.1. The average Bonchev–Trinajstić information content (AvgIpc) is 2.03. The molecule has 5 heteroatoms. The van der Waals surface area contributed by atoms with Crippen LogP contribution < -0.4 is 0 Å². The molecule has 0 spiro atoms. The molecule has 0 amide bonds. The van der Waals surface area contributed by atoms with Gasteiger partial charge in [-0.2, -0.15) is 0 Å². The molecule has 0 aromatic heterocycles. The molecule has 0 heterocycles. The molecular weight excluding hydrogens is 184 g/mol. The van der Waals surface area contributed by atoms with Crippen molar-refractivity contribution in [2.75, 3.05) is 0 Å². The van der Waals surface area contributed by atoms with Crippen LogP contribution in [0.1, 0.15) is 20.8 Å². The van der Waals surface area contributed by atoms with Crippen LogP contribution in [0.15, 0.2) is 0 Å². The van der Waals surface area contributed by atoms with Gasteiger partial charge in [0.05, 0.1) is 10.3 Å². The Morgan fingerprint density at radius 1 is 1.50 bits per heavy atom. The SMILES string of the molecule is C#CC(C)(C)OC(=O)C(=[N+]=N)C(C)=O. The number of terminal acetylenes is 1. The molecule has 0 saturated carbocycles. The van der Waals surface area contributed by atoms with Crippen molar-refractivity contribution in [3.05, 3.63) is 0 Å². The van der Waals surface area contributed by atoms with Crippen molar-refractivity contribution in [2.45, 2.75) is 26.4 Å². The van der Waals surface area contributed by atoms with Crippen LogP contribution in [-0.2, 0) is 14.3 Å². The molecule has 0 saturated heterocycles. The van der Waals surface area contributed by atoms with E-state index in [1.165, 1.54) is 13.8 Å². The number of hydrogen-bond donors (Lipinski definition) is 1. The summed E-state index contributed by atoms with van der Waals surface area (Å²) in [7, 11) is 0. The molecule has 5 nitrogen and oxygen atoms in total. The molecule has 0 aliphatic heterocycles. The van der Waals surface area contributed by atoms with Crippen LogP contribution in [0.5, 0.6) is 0 Å². The maximum Gasteiger partial charge on any atom is 0.490 e. The lowest BCUT2D eigenvalue weighted by Crippen LogP contribution is -2.33. The molecule has 1 N–H and O–H groups in total. The van der Waals surface area contributed by atoms with Crippen molar-refractivity contribution < 1.29 is 19.1 Å². The van der Waals surface area contributed by atoms with Crippen LogP contribution in [0.4, 0.5) is 0 Å². The Hall–Kier alpha value is -1.92. The van der Waals surface area contributed by atoms with E-state index in [0.717, 1.165) is 6.92 Å². The number of Topliss-reactive ketones (excluding diaryl/α,β-unsaturated/α-hetero) is 1. The lowest BCUT2D eigenvalue weighted by molar-refractivity contribution is -0.161. The van der Waals surface area contributed by atoms with E-state index in [0.29, 0.717) is 0 Å². The maximum atomic E-state index is 11.2. The predicted molar refractivity (Wildman–Crippen MR) is 47.7 cm³/mol. The van der Waals surface area contributed by atoms with Crippen molar-refractivity contribution in [3.63, 3.8) is 0 Å². The summed E-state index contributed by atoms with van der Waals surface area (Å²) in [4.78, 5) is 24.8. The van der Waals surface area contributed by atoms with Crippen LogP contribution in [0.3, 0.4) is 0 Å². The van der Waals surface area contributed by atoms with Gasteiger partial charge < -0.3 is 4.74 Å². The molecule has 0 aromatic carbocycles. The fraction of sp³-hybridized carbons (Fsp3) is 0.444. The Balaban J connectivity index is 4.77. The van der Waals surface area contributed by atoms with Crippen molar-refractivity contribution >= 4 is 17.5 Å². The minimum Gasteiger partial charge on any atom is -0.437 e. The van der Waals surface area contributed by atoms with Gasteiger partial charge in [-0.15, -0.1) is 6.42 Å². The third-order valence-corrected chi connectivity index (χ3v) is 1.33. The first-order valence-corrected chi connectivity index (χ1v) is 3.80. The molecule has 0 aliphatic carbocycles. The second-order valence-corrected chi connectivity index (χ2v) is 3.06. The number of nitrogens with zero attached hydrogens (tertiary/aromatic N) is 1. The molecule has 14 heavy (non-hydrogen) atoms. The van der Waals surface area contributed by atoms with E-state index in [4.69, 9.17) is 16.7 Å². The molecule has 0 fully saturated rings. The van der Waals surface area contributed by atoms with E-state index in [2.05, 4.69) is 10.7 Å². The molecule has 74 valence electrons. The van der Waals surface area contributed by atoms with Gasteiger partial charge in [0.15, 0.2) is 5.60 Å². The van der Waals surface area contributed by atoms with E-state index in [-0.39, 0.29) is 0 Å². The minimum absolute atomic E-state index is 0.562. The van der Waals surface area contributed by atoms with E-state index in [1.54, 1.807) is 0 Å². The van der Waals surface area contributed by atoms with Crippen LogP contribution in [0.2, 0.25) is 0 Å². The molecule has 0 bridgehead atoms. The highest BCUT2D eigenvalue weighted by Gasteiger charge is 2.34. The normalized spacial score (nSPS) is 9.57. The third-order valence-electron chi connectivity index (χ3n) is 1.33. The van der Waals surface area contributed by atoms with E-state index in [9.17, 15) is 9.59 Å². The summed E-state index contributed by atoms with van der Waals surface area (Å²) in [5, 5.41) is 0. The van der Waals surface area contributed by atoms with Gasteiger partial charge in [0.25, 0.3) is 5.78 Å². The number of esters is 1. The van der Waals surface area contributed by atoms with Gasteiger partial charge in [0.1, 0.15) is 0 Å². The van der Waals surface area contributed by atoms with E-state index >= 15 is 0 Å². The molecule has 0 aromatic rings. The zero-order chi connectivity index (χ0) is 11.4.